The molecule has 18 heavy (non-hydrogen) atoms. The van der Waals surface area contributed by atoms with E-state index in [-0.39, 0.29) is 0 Å². The van der Waals surface area contributed by atoms with Gasteiger partial charge in [-0.15, -0.1) is 0 Å². The van der Waals surface area contributed by atoms with Gasteiger partial charge in [-0.25, -0.2) is 4.98 Å². The molecule has 96 valence electrons. The van der Waals surface area contributed by atoms with Crippen LogP contribution in [-0.4, -0.2) is 23.6 Å². The Balaban J connectivity index is 2.43. The first-order chi connectivity index (χ1) is 8.54. The van der Waals surface area contributed by atoms with Gasteiger partial charge in [-0.2, -0.15) is 0 Å². The van der Waals surface area contributed by atoms with E-state index >= 15 is 0 Å². The van der Waals surface area contributed by atoms with E-state index < -0.39 is 0 Å². The molecule has 1 aromatic carbocycles. The Morgan fingerprint density at radius 2 is 1.83 bits per heavy atom. The zero-order valence-electron chi connectivity index (χ0n) is 11.4. The quantitative estimate of drug-likeness (QED) is 0.902. The van der Waals surface area contributed by atoms with Gasteiger partial charge >= 0.3 is 0 Å². The SMILES string of the molecule is CCn1c(C)nc(-c2ccc(N(C)C)cc2)c1N. The molecular weight excluding hydrogens is 224 g/mol. The molecule has 4 heteroatoms. The average Bonchev–Trinajstić information content (AvgIpc) is 2.64. The highest BCUT2D eigenvalue weighted by atomic mass is 15.1. The predicted molar refractivity (Wildman–Crippen MR) is 76.8 cm³/mol. The van der Waals surface area contributed by atoms with E-state index in [1.807, 2.05) is 25.6 Å². The minimum Gasteiger partial charge on any atom is -0.383 e. The molecular formula is C14H20N4. The number of rotatable bonds is 3. The lowest BCUT2D eigenvalue weighted by atomic mass is 10.1. The van der Waals surface area contributed by atoms with Crippen LogP contribution < -0.4 is 10.6 Å². The second-order valence-electron chi connectivity index (χ2n) is 4.58. The second-order valence-corrected chi connectivity index (χ2v) is 4.58. The van der Waals surface area contributed by atoms with E-state index in [0.29, 0.717) is 0 Å². The number of hydrogen-bond donors (Lipinski definition) is 1. The standard InChI is InChI=1S/C14H20N4/c1-5-18-10(2)16-13(14(18)15)11-6-8-12(9-7-11)17(3)4/h6-9H,5,15H2,1-4H3. The Labute approximate surface area is 108 Å². The fraction of sp³-hybridized carbons (Fsp3) is 0.357. The molecule has 4 nitrogen and oxygen atoms in total. The van der Waals surface area contributed by atoms with E-state index in [1.54, 1.807) is 0 Å². The largest absolute Gasteiger partial charge is 0.383 e. The van der Waals surface area contributed by atoms with Crippen LogP contribution in [0.5, 0.6) is 0 Å². The monoisotopic (exact) mass is 244 g/mol. The second kappa shape index (κ2) is 4.72. The minimum atomic E-state index is 0.743. The molecule has 1 heterocycles. The normalized spacial score (nSPS) is 10.7. The summed E-state index contributed by atoms with van der Waals surface area (Å²) in [6.07, 6.45) is 0. The minimum absolute atomic E-state index is 0.743. The third-order valence-electron chi connectivity index (χ3n) is 3.17. The van der Waals surface area contributed by atoms with Gasteiger partial charge in [-0.05, 0) is 26.0 Å². The summed E-state index contributed by atoms with van der Waals surface area (Å²) in [5, 5.41) is 0. The van der Waals surface area contributed by atoms with Crippen LogP contribution in [-0.2, 0) is 6.54 Å². The zero-order chi connectivity index (χ0) is 13.3. The summed E-state index contributed by atoms with van der Waals surface area (Å²) >= 11 is 0. The van der Waals surface area contributed by atoms with Gasteiger partial charge in [0.05, 0.1) is 0 Å². The van der Waals surface area contributed by atoms with Crippen molar-refractivity contribution in [1.82, 2.24) is 9.55 Å². The van der Waals surface area contributed by atoms with Crippen molar-refractivity contribution < 1.29 is 0 Å². The highest BCUT2D eigenvalue weighted by Crippen LogP contribution is 2.27. The number of imidazole rings is 1. The Bertz CT molecular complexity index is 538. The molecule has 0 aliphatic carbocycles. The molecule has 0 unspecified atom stereocenters. The molecule has 0 aliphatic rings. The molecule has 1 aromatic heterocycles. The summed E-state index contributed by atoms with van der Waals surface area (Å²) in [6, 6.07) is 8.28. The van der Waals surface area contributed by atoms with Gasteiger partial charge in [0.25, 0.3) is 0 Å². The summed E-state index contributed by atoms with van der Waals surface area (Å²) in [5.74, 6) is 1.70. The molecule has 0 radical (unpaired) electrons. The summed E-state index contributed by atoms with van der Waals surface area (Å²) in [6.45, 7) is 4.90. The smallest absolute Gasteiger partial charge is 0.131 e. The number of anilines is 2. The van der Waals surface area contributed by atoms with Crippen LogP contribution in [0.3, 0.4) is 0 Å². The van der Waals surface area contributed by atoms with Crippen LogP contribution in [0.1, 0.15) is 12.7 Å². The maximum atomic E-state index is 6.13. The van der Waals surface area contributed by atoms with Gasteiger partial charge in [-0.3, -0.25) is 0 Å². The van der Waals surface area contributed by atoms with E-state index in [4.69, 9.17) is 5.73 Å². The van der Waals surface area contributed by atoms with Gasteiger partial charge in [-0.1, -0.05) is 12.1 Å². The third kappa shape index (κ3) is 2.06. The van der Waals surface area contributed by atoms with Crippen LogP contribution in [0, 0.1) is 6.92 Å². The van der Waals surface area contributed by atoms with Crippen LogP contribution in [0.25, 0.3) is 11.3 Å². The number of nitrogen functional groups attached to an aromatic ring is 1. The lowest BCUT2D eigenvalue weighted by Gasteiger charge is -2.12. The maximum Gasteiger partial charge on any atom is 0.131 e. The number of hydrogen-bond acceptors (Lipinski definition) is 3. The zero-order valence-corrected chi connectivity index (χ0v) is 11.4. The summed E-state index contributed by atoms with van der Waals surface area (Å²) in [4.78, 5) is 6.62. The molecule has 0 bridgehead atoms. The number of nitrogens with two attached hydrogens (primary N) is 1. The summed E-state index contributed by atoms with van der Waals surface area (Å²) in [7, 11) is 4.05. The lowest BCUT2D eigenvalue weighted by molar-refractivity contribution is 0.739. The Hall–Kier alpha value is -1.97. The number of aromatic nitrogens is 2. The molecule has 0 amide bonds. The van der Waals surface area contributed by atoms with Crippen molar-refractivity contribution in [1.29, 1.82) is 0 Å². The Kier molecular flexibility index (Phi) is 3.28. The lowest BCUT2D eigenvalue weighted by Crippen LogP contribution is -2.08. The topological polar surface area (TPSA) is 47.1 Å². The van der Waals surface area contributed by atoms with E-state index in [2.05, 4.69) is 41.1 Å². The fourth-order valence-corrected chi connectivity index (χ4v) is 2.11. The third-order valence-corrected chi connectivity index (χ3v) is 3.17. The van der Waals surface area contributed by atoms with Gasteiger partial charge in [0, 0.05) is 31.9 Å². The van der Waals surface area contributed by atoms with Crippen molar-refractivity contribution in [3.05, 3.63) is 30.1 Å². The van der Waals surface area contributed by atoms with Crippen molar-refractivity contribution in [2.75, 3.05) is 24.7 Å². The highest BCUT2D eigenvalue weighted by molar-refractivity contribution is 5.72. The summed E-state index contributed by atoms with van der Waals surface area (Å²) in [5.41, 5.74) is 9.24. The van der Waals surface area contributed by atoms with Crippen LogP contribution in [0.2, 0.25) is 0 Å². The molecule has 2 rings (SSSR count). The number of nitrogens with zero attached hydrogens (tertiary/aromatic N) is 3. The Morgan fingerprint density at radius 3 is 2.28 bits per heavy atom. The number of aryl methyl sites for hydroxylation is 1. The molecule has 0 saturated carbocycles. The van der Waals surface area contributed by atoms with Crippen LogP contribution in [0.4, 0.5) is 11.5 Å². The highest BCUT2D eigenvalue weighted by Gasteiger charge is 2.12. The van der Waals surface area contributed by atoms with Crippen LogP contribution >= 0.6 is 0 Å². The van der Waals surface area contributed by atoms with E-state index in [1.165, 1.54) is 5.69 Å². The molecule has 0 atom stereocenters. The van der Waals surface area contributed by atoms with E-state index in [0.717, 1.165) is 29.4 Å². The molecule has 0 fully saturated rings. The van der Waals surface area contributed by atoms with Crippen molar-refractivity contribution in [2.24, 2.45) is 0 Å². The van der Waals surface area contributed by atoms with E-state index in [9.17, 15) is 0 Å². The van der Waals surface area contributed by atoms with Gasteiger partial charge in [0.2, 0.25) is 0 Å². The first-order valence-corrected chi connectivity index (χ1v) is 6.15. The molecule has 0 saturated heterocycles. The number of benzene rings is 1. The molecule has 0 aliphatic heterocycles. The maximum absolute atomic E-state index is 6.13. The first kappa shape index (κ1) is 12.5. The van der Waals surface area contributed by atoms with Crippen molar-refractivity contribution in [3.8, 4) is 11.3 Å². The average molecular weight is 244 g/mol. The fourth-order valence-electron chi connectivity index (χ4n) is 2.11. The summed E-state index contributed by atoms with van der Waals surface area (Å²) < 4.78 is 2.02. The molecule has 2 N–H and O–H groups in total. The van der Waals surface area contributed by atoms with Gasteiger partial charge < -0.3 is 15.2 Å². The predicted octanol–water partition coefficient (Wildman–Crippen LogP) is 2.53. The molecule has 0 spiro atoms. The van der Waals surface area contributed by atoms with Crippen molar-refractivity contribution in [2.45, 2.75) is 20.4 Å². The Morgan fingerprint density at radius 1 is 1.22 bits per heavy atom. The van der Waals surface area contributed by atoms with Gasteiger partial charge in [0.1, 0.15) is 17.3 Å². The van der Waals surface area contributed by atoms with Crippen molar-refractivity contribution >= 4 is 11.5 Å². The van der Waals surface area contributed by atoms with Crippen molar-refractivity contribution in [3.63, 3.8) is 0 Å². The first-order valence-electron chi connectivity index (χ1n) is 6.15. The molecule has 2 aromatic rings. The van der Waals surface area contributed by atoms with Gasteiger partial charge in [0.15, 0.2) is 0 Å². The van der Waals surface area contributed by atoms with Crippen LogP contribution in [0.15, 0.2) is 24.3 Å².